The second-order valence-corrected chi connectivity index (χ2v) is 4.95. The Hall–Kier alpha value is -1.61. The summed E-state index contributed by atoms with van der Waals surface area (Å²) in [5, 5.41) is 11.0. The molecule has 0 saturated heterocycles. The molecule has 1 unspecified atom stereocenters. The lowest BCUT2D eigenvalue weighted by Crippen LogP contribution is -2.29. The molecular formula is C15H21N3. The highest BCUT2D eigenvalue weighted by atomic mass is 14.9. The zero-order valence-electron chi connectivity index (χ0n) is 11.1. The van der Waals surface area contributed by atoms with Crippen LogP contribution in [0, 0.1) is 19.3 Å². The van der Waals surface area contributed by atoms with Crippen LogP contribution < -0.4 is 11.1 Å². The van der Waals surface area contributed by atoms with E-state index >= 15 is 0 Å². The molecule has 0 aliphatic heterocycles. The van der Waals surface area contributed by atoms with Gasteiger partial charge in [0.1, 0.15) is 0 Å². The third-order valence-electron chi connectivity index (χ3n) is 3.74. The number of anilines is 1. The van der Waals surface area contributed by atoms with Crippen LogP contribution in [0.1, 0.15) is 30.4 Å². The molecule has 2 rings (SSSR count). The molecule has 4 N–H and O–H groups in total. The van der Waals surface area contributed by atoms with E-state index < -0.39 is 0 Å². The van der Waals surface area contributed by atoms with Crippen molar-refractivity contribution in [3.8, 4) is 0 Å². The number of allylic oxidation sites excluding steroid dienone is 1. The number of rotatable bonds is 3. The molecule has 1 aromatic rings. The molecule has 96 valence electrons. The summed E-state index contributed by atoms with van der Waals surface area (Å²) in [5.74, 6) is 0. The Morgan fingerprint density at radius 3 is 2.89 bits per heavy atom. The second-order valence-electron chi connectivity index (χ2n) is 4.95. The highest BCUT2D eigenvalue weighted by Crippen LogP contribution is 2.27. The molecule has 18 heavy (non-hydrogen) atoms. The molecule has 0 heterocycles. The number of nitrogens with one attached hydrogen (secondary N) is 2. The summed E-state index contributed by atoms with van der Waals surface area (Å²) in [7, 11) is 0. The molecule has 1 aliphatic carbocycles. The number of nitrogens with two attached hydrogens (primary N) is 1. The molecule has 0 saturated carbocycles. The van der Waals surface area contributed by atoms with Crippen molar-refractivity contribution in [3.05, 3.63) is 40.6 Å². The van der Waals surface area contributed by atoms with E-state index in [4.69, 9.17) is 11.1 Å². The highest BCUT2D eigenvalue weighted by molar-refractivity contribution is 5.80. The van der Waals surface area contributed by atoms with Gasteiger partial charge in [-0.05, 0) is 50.3 Å². The van der Waals surface area contributed by atoms with Crippen molar-refractivity contribution in [3.63, 3.8) is 0 Å². The SMILES string of the molecule is Cc1cccc(NC2=C(C=N)C(N)CCC2)c1C. The van der Waals surface area contributed by atoms with Crippen molar-refractivity contribution in [2.24, 2.45) is 5.73 Å². The van der Waals surface area contributed by atoms with Gasteiger partial charge in [0.05, 0.1) is 0 Å². The Morgan fingerprint density at radius 2 is 2.17 bits per heavy atom. The van der Waals surface area contributed by atoms with Gasteiger partial charge in [0.15, 0.2) is 0 Å². The van der Waals surface area contributed by atoms with E-state index in [2.05, 4.69) is 37.4 Å². The van der Waals surface area contributed by atoms with Gasteiger partial charge >= 0.3 is 0 Å². The minimum absolute atomic E-state index is 0.00358. The molecule has 1 aromatic carbocycles. The minimum atomic E-state index is 0.00358. The molecule has 1 atom stereocenters. The van der Waals surface area contributed by atoms with E-state index in [1.807, 2.05) is 0 Å². The maximum absolute atomic E-state index is 7.52. The molecule has 0 aromatic heterocycles. The highest BCUT2D eigenvalue weighted by Gasteiger charge is 2.18. The van der Waals surface area contributed by atoms with Gasteiger partial charge in [0.25, 0.3) is 0 Å². The van der Waals surface area contributed by atoms with Gasteiger partial charge in [-0.15, -0.1) is 0 Å². The molecule has 0 amide bonds. The average molecular weight is 243 g/mol. The molecule has 1 aliphatic rings. The first-order valence-electron chi connectivity index (χ1n) is 6.46. The number of hydrogen-bond acceptors (Lipinski definition) is 3. The van der Waals surface area contributed by atoms with Crippen LogP contribution in [0.5, 0.6) is 0 Å². The maximum atomic E-state index is 7.52. The van der Waals surface area contributed by atoms with Crippen molar-refractivity contribution in [2.45, 2.75) is 39.2 Å². The first-order chi connectivity index (χ1) is 8.63. The zero-order valence-corrected chi connectivity index (χ0v) is 11.1. The van der Waals surface area contributed by atoms with Gasteiger partial charge in [0, 0.05) is 29.2 Å². The normalized spacial score (nSPS) is 19.8. The van der Waals surface area contributed by atoms with E-state index in [-0.39, 0.29) is 6.04 Å². The van der Waals surface area contributed by atoms with Crippen molar-refractivity contribution >= 4 is 11.9 Å². The molecule has 0 fully saturated rings. The molecule has 0 spiro atoms. The fourth-order valence-electron chi connectivity index (χ4n) is 2.40. The van der Waals surface area contributed by atoms with Gasteiger partial charge in [-0.2, -0.15) is 0 Å². The Labute approximate surface area is 109 Å². The number of benzene rings is 1. The van der Waals surface area contributed by atoms with Crippen LogP contribution in [0.15, 0.2) is 29.5 Å². The summed E-state index contributed by atoms with van der Waals surface area (Å²) in [6.07, 6.45) is 4.44. The fraction of sp³-hybridized carbons (Fsp3) is 0.400. The maximum Gasteiger partial charge on any atom is 0.0414 e. The Balaban J connectivity index is 2.32. The van der Waals surface area contributed by atoms with Crippen LogP contribution in [0.2, 0.25) is 0 Å². The fourth-order valence-corrected chi connectivity index (χ4v) is 2.40. The van der Waals surface area contributed by atoms with E-state index in [0.29, 0.717) is 0 Å². The van der Waals surface area contributed by atoms with Crippen LogP contribution in [0.3, 0.4) is 0 Å². The van der Waals surface area contributed by atoms with Crippen LogP contribution in [-0.2, 0) is 0 Å². The van der Waals surface area contributed by atoms with E-state index in [1.54, 1.807) is 0 Å². The Kier molecular flexibility index (Phi) is 3.82. The molecule has 3 nitrogen and oxygen atoms in total. The number of hydrogen-bond donors (Lipinski definition) is 3. The quantitative estimate of drug-likeness (QED) is 0.714. The zero-order chi connectivity index (χ0) is 13.1. The molecule has 0 bridgehead atoms. The first kappa shape index (κ1) is 12.8. The standard InChI is InChI=1S/C15H21N3/c1-10-5-3-7-14(11(10)2)18-15-8-4-6-13(17)12(15)9-16/h3,5,7,9,13,16,18H,4,6,8,17H2,1-2H3. The van der Waals surface area contributed by atoms with Gasteiger partial charge in [-0.3, -0.25) is 0 Å². The predicted molar refractivity (Wildman–Crippen MR) is 77.2 cm³/mol. The monoisotopic (exact) mass is 243 g/mol. The van der Waals surface area contributed by atoms with Crippen LogP contribution in [0.25, 0.3) is 0 Å². The summed E-state index contributed by atoms with van der Waals surface area (Å²) in [5.41, 5.74) is 11.8. The van der Waals surface area contributed by atoms with Crippen LogP contribution >= 0.6 is 0 Å². The van der Waals surface area contributed by atoms with Gasteiger partial charge < -0.3 is 16.5 Å². The second kappa shape index (κ2) is 5.36. The summed E-state index contributed by atoms with van der Waals surface area (Å²) < 4.78 is 0. The first-order valence-corrected chi connectivity index (χ1v) is 6.46. The molecule has 0 radical (unpaired) electrons. The van der Waals surface area contributed by atoms with Gasteiger partial charge in [-0.25, -0.2) is 0 Å². The third-order valence-corrected chi connectivity index (χ3v) is 3.74. The molecule has 3 heteroatoms. The van der Waals surface area contributed by atoms with Crippen molar-refractivity contribution in [2.75, 3.05) is 5.32 Å². The third kappa shape index (κ3) is 2.46. The van der Waals surface area contributed by atoms with Gasteiger partial charge in [-0.1, -0.05) is 12.1 Å². The average Bonchev–Trinajstić information content (AvgIpc) is 2.35. The van der Waals surface area contributed by atoms with E-state index in [0.717, 1.165) is 36.2 Å². The molecular weight excluding hydrogens is 222 g/mol. The lowest BCUT2D eigenvalue weighted by Gasteiger charge is -2.25. The summed E-state index contributed by atoms with van der Waals surface area (Å²) in [6, 6.07) is 6.25. The van der Waals surface area contributed by atoms with Crippen molar-refractivity contribution in [1.29, 1.82) is 5.41 Å². The smallest absolute Gasteiger partial charge is 0.0414 e. The van der Waals surface area contributed by atoms with Crippen LogP contribution in [-0.4, -0.2) is 12.3 Å². The van der Waals surface area contributed by atoms with E-state index in [9.17, 15) is 0 Å². The van der Waals surface area contributed by atoms with Crippen LogP contribution in [0.4, 0.5) is 5.69 Å². The largest absolute Gasteiger partial charge is 0.358 e. The predicted octanol–water partition coefficient (Wildman–Crippen LogP) is 3.13. The van der Waals surface area contributed by atoms with Crippen molar-refractivity contribution in [1.82, 2.24) is 0 Å². The number of aryl methyl sites for hydroxylation is 1. The van der Waals surface area contributed by atoms with Crippen molar-refractivity contribution < 1.29 is 0 Å². The topological polar surface area (TPSA) is 61.9 Å². The summed E-state index contributed by atoms with van der Waals surface area (Å²) in [4.78, 5) is 0. The lowest BCUT2D eigenvalue weighted by molar-refractivity contribution is 0.614. The minimum Gasteiger partial charge on any atom is -0.358 e. The lowest BCUT2D eigenvalue weighted by atomic mass is 9.92. The van der Waals surface area contributed by atoms with Gasteiger partial charge in [0.2, 0.25) is 0 Å². The Morgan fingerprint density at radius 1 is 1.39 bits per heavy atom. The Bertz CT molecular complexity index is 489. The summed E-state index contributed by atoms with van der Waals surface area (Å²) >= 11 is 0. The van der Waals surface area contributed by atoms with E-state index in [1.165, 1.54) is 17.3 Å². The summed E-state index contributed by atoms with van der Waals surface area (Å²) in [6.45, 7) is 4.23.